The summed E-state index contributed by atoms with van der Waals surface area (Å²) in [6.07, 6.45) is 1.91. The molecule has 0 aromatic carbocycles. The highest BCUT2D eigenvalue weighted by Crippen LogP contribution is 2.38. The Morgan fingerprint density at radius 3 is 2.77 bits per heavy atom. The number of fused-ring (bicyclic) bond motifs is 2. The van der Waals surface area contributed by atoms with Crippen LogP contribution in [0.4, 0.5) is 0 Å². The highest BCUT2D eigenvalue weighted by Gasteiger charge is 2.48. The summed E-state index contributed by atoms with van der Waals surface area (Å²) in [6, 6.07) is 0.446. The molecule has 2 aliphatic heterocycles. The Morgan fingerprint density at radius 1 is 1.46 bits per heavy atom. The van der Waals surface area contributed by atoms with Gasteiger partial charge < -0.3 is 10.2 Å². The minimum atomic E-state index is -0.857. The van der Waals surface area contributed by atoms with Crippen molar-refractivity contribution < 1.29 is 15.0 Å². The van der Waals surface area contributed by atoms with E-state index in [2.05, 4.69) is 4.90 Å². The van der Waals surface area contributed by atoms with Crippen LogP contribution in [0.5, 0.6) is 0 Å². The predicted octanol–water partition coefficient (Wildman–Crippen LogP) is -0.0854. The molecule has 74 valence electrons. The average Bonchev–Trinajstić information content (AvgIpc) is 2.34. The Balaban J connectivity index is 2.21. The standard InChI is InChI=1S/C9H15NO3/c1-10-5-2-3-6(10)8(9(12)13)7(11)4-5/h5-8,11H,2-4H2,1H3,(H,12,13)/t5-,6+,7+,8-/m0/s1. The summed E-state index contributed by atoms with van der Waals surface area (Å²) in [5, 5.41) is 18.6. The number of aliphatic hydroxyl groups excluding tert-OH is 1. The fourth-order valence-electron chi connectivity index (χ4n) is 2.77. The van der Waals surface area contributed by atoms with Gasteiger partial charge in [0.05, 0.1) is 12.0 Å². The Bertz CT molecular complexity index is 231. The second-order valence-corrected chi connectivity index (χ2v) is 4.13. The molecule has 2 heterocycles. The van der Waals surface area contributed by atoms with Crippen molar-refractivity contribution in [3.63, 3.8) is 0 Å². The monoisotopic (exact) mass is 185 g/mol. The van der Waals surface area contributed by atoms with Gasteiger partial charge in [-0.1, -0.05) is 0 Å². The summed E-state index contributed by atoms with van der Waals surface area (Å²) in [7, 11) is 1.96. The van der Waals surface area contributed by atoms with E-state index >= 15 is 0 Å². The van der Waals surface area contributed by atoms with E-state index in [0.29, 0.717) is 12.5 Å². The minimum absolute atomic E-state index is 0.0475. The van der Waals surface area contributed by atoms with Crippen molar-refractivity contribution in [2.75, 3.05) is 7.05 Å². The number of carboxylic acid groups (broad SMARTS) is 1. The quantitative estimate of drug-likeness (QED) is 0.599. The number of rotatable bonds is 1. The largest absolute Gasteiger partial charge is 0.481 e. The van der Waals surface area contributed by atoms with Crippen LogP contribution in [-0.2, 0) is 4.79 Å². The maximum absolute atomic E-state index is 10.9. The first-order chi connectivity index (χ1) is 6.11. The second kappa shape index (κ2) is 2.96. The van der Waals surface area contributed by atoms with Crippen molar-refractivity contribution in [3.8, 4) is 0 Å². The Hall–Kier alpha value is -0.610. The third-order valence-electron chi connectivity index (χ3n) is 3.52. The number of hydrogen-bond donors (Lipinski definition) is 2. The van der Waals surface area contributed by atoms with Crippen molar-refractivity contribution in [3.05, 3.63) is 0 Å². The van der Waals surface area contributed by atoms with Gasteiger partial charge in [0.25, 0.3) is 0 Å². The fourth-order valence-corrected chi connectivity index (χ4v) is 2.77. The van der Waals surface area contributed by atoms with Gasteiger partial charge in [0, 0.05) is 12.1 Å². The predicted molar refractivity (Wildman–Crippen MR) is 46.3 cm³/mol. The molecule has 0 aliphatic carbocycles. The molecule has 0 amide bonds. The lowest BCUT2D eigenvalue weighted by atomic mass is 9.88. The van der Waals surface area contributed by atoms with Gasteiger partial charge in [-0.3, -0.25) is 9.69 Å². The first-order valence-electron chi connectivity index (χ1n) is 4.74. The molecule has 2 N–H and O–H groups in total. The maximum Gasteiger partial charge on any atom is 0.310 e. The van der Waals surface area contributed by atoms with Gasteiger partial charge in [-0.25, -0.2) is 0 Å². The number of piperidine rings is 1. The molecule has 4 atom stereocenters. The SMILES string of the molecule is CN1[C@H]2CC[C@@H]1[C@H](C(=O)O)[C@H](O)C2. The molecule has 0 aromatic rings. The third-order valence-corrected chi connectivity index (χ3v) is 3.52. The van der Waals surface area contributed by atoms with E-state index in [1.54, 1.807) is 0 Å². The number of aliphatic carboxylic acids is 1. The zero-order chi connectivity index (χ0) is 9.59. The highest BCUT2D eigenvalue weighted by molar-refractivity contribution is 5.72. The van der Waals surface area contributed by atoms with Crippen LogP contribution in [0.25, 0.3) is 0 Å². The molecule has 4 heteroatoms. The minimum Gasteiger partial charge on any atom is -0.481 e. The summed E-state index contributed by atoms with van der Waals surface area (Å²) in [4.78, 5) is 13.0. The lowest BCUT2D eigenvalue weighted by Crippen LogP contribution is -2.51. The van der Waals surface area contributed by atoms with Crippen LogP contribution in [0.3, 0.4) is 0 Å². The van der Waals surface area contributed by atoms with E-state index in [1.807, 2.05) is 7.05 Å². The van der Waals surface area contributed by atoms with Crippen LogP contribution in [-0.4, -0.2) is 46.3 Å². The number of carboxylic acids is 1. The molecule has 4 nitrogen and oxygen atoms in total. The molecule has 2 bridgehead atoms. The summed E-state index contributed by atoms with van der Waals surface area (Å²) in [5.74, 6) is -1.44. The lowest BCUT2D eigenvalue weighted by molar-refractivity contribution is -0.151. The van der Waals surface area contributed by atoms with Crippen molar-refractivity contribution in [1.82, 2.24) is 4.90 Å². The molecule has 2 rings (SSSR count). The van der Waals surface area contributed by atoms with Crippen molar-refractivity contribution >= 4 is 5.97 Å². The van der Waals surface area contributed by atoms with Gasteiger partial charge >= 0.3 is 5.97 Å². The highest BCUT2D eigenvalue weighted by atomic mass is 16.4. The normalized spacial score (nSPS) is 45.1. The Morgan fingerprint density at radius 2 is 2.15 bits per heavy atom. The molecular formula is C9H15NO3. The summed E-state index contributed by atoms with van der Waals surface area (Å²) in [5.41, 5.74) is 0. The molecular weight excluding hydrogens is 170 g/mol. The Labute approximate surface area is 77.2 Å². The second-order valence-electron chi connectivity index (χ2n) is 4.13. The van der Waals surface area contributed by atoms with Gasteiger partial charge in [-0.2, -0.15) is 0 Å². The number of carbonyl (C=O) groups is 1. The van der Waals surface area contributed by atoms with E-state index in [0.717, 1.165) is 12.8 Å². The number of hydrogen-bond acceptors (Lipinski definition) is 3. The van der Waals surface area contributed by atoms with Gasteiger partial charge in [-0.05, 0) is 26.3 Å². The van der Waals surface area contributed by atoms with Crippen LogP contribution in [0.1, 0.15) is 19.3 Å². The van der Waals surface area contributed by atoms with E-state index in [4.69, 9.17) is 5.11 Å². The molecule has 13 heavy (non-hydrogen) atoms. The molecule has 2 fully saturated rings. The van der Waals surface area contributed by atoms with Crippen molar-refractivity contribution in [2.24, 2.45) is 5.92 Å². The van der Waals surface area contributed by atoms with E-state index in [9.17, 15) is 9.90 Å². The van der Waals surface area contributed by atoms with Crippen LogP contribution in [0.15, 0.2) is 0 Å². The van der Waals surface area contributed by atoms with Gasteiger partial charge in [0.1, 0.15) is 0 Å². The summed E-state index contributed by atoms with van der Waals surface area (Å²) < 4.78 is 0. The average molecular weight is 185 g/mol. The fraction of sp³-hybridized carbons (Fsp3) is 0.889. The number of aliphatic hydroxyl groups is 1. The zero-order valence-corrected chi connectivity index (χ0v) is 7.68. The van der Waals surface area contributed by atoms with Crippen molar-refractivity contribution in [1.29, 1.82) is 0 Å². The molecule has 0 unspecified atom stereocenters. The number of nitrogens with zero attached hydrogens (tertiary/aromatic N) is 1. The van der Waals surface area contributed by atoms with E-state index in [1.165, 1.54) is 0 Å². The topological polar surface area (TPSA) is 60.8 Å². The smallest absolute Gasteiger partial charge is 0.310 e. The molecule has 2 aliphatic rings. The van der Waals surface area contributed by atoms with E-state index in [-0.39, 0.29) is 6.04 Å². The van der Waals surface area contributed by atoms with Crippen molar-refractivity contribution in [2.45, 2.75) is 37.5 Å². The van der Waals surface area contributed by atoms with Gasteiger partial charge in [-0.15, -0.1) is 0 Å². The van der Waals surface area contributed by atoms with Crippen LogP contribution in [0.2, 0.25) is 0 Å². The van der Waals surface area contributed by atoms with Crippen LogP contribution >= 0.6 is 0 Å². The Kier molecular flexibility index (Phi) is 2.04. The third kappa shape index (κ3) is 1.25. The van der Waals surface area contributed by atoms with Crippen LogP contribution in [0, 0.1) is 5.92 Å². The zero-order valence-electron chi connectivity index (χ0n) is 7.68. The summed E-state index contributed by atoms with van der Waals surface area (Å²) in [6.45, 7) is 0. The molecule has 0 aromatic heterocycles. The van der Waals surface area contributed by atoms with Crippen LogP contribution < -0.4 is 0 Å². The van der Waals surface area contributed by atoms with Gasteiger partial charge in [0.2, 0.25) is 0 Å². The summed E-state index contributed by atoms with van der Waals surface area (Å²) >= 11 is 0. The van der Waals surface area contributed by atoms with Gasteiger partial charge in [0.15, 0.2) is 0 Å². The lowest BCUT2D eigenvalue weighted by Gasteiger charge is -2.38. The first kappa shape index (κ1) is 8.97. The van der Waals surface area contributed by atoms with E-state index < -0.39 is 18.0 Å². The maximum atomic E-state index is 10.9. The molecule has 2 saturated heterocycles. The molecule has 0 saturated carbocycles. The molecule has 0 spiro atoms. The molecule has 0 radical (unpaired) electrons. The first-order valence-corrected chi connectivity index (χ1v) is 4.74.